The molecule has 0 unspecified atom stereocenters. The average Bonchev–Trinajstić information content (AvgIpc) is 3.00. The van der Waals surface area contributed by atoms with E-state index in [1.54, 1.807) is 0 Å². The van der Waals surface area contributed by atoms with Crippen LogP contribution in [0.2, 0.25) is 0 Å². The van der Waals surface area contributed by atoms with Gasteiger partial charge in [-0.15, -0.1) is 0 Å². The number of esters is 2. The number of unbranched alkanes of at least 4 members (excludes halogenated alkanes) is 16. The van der Waals surface area contributed by atoms with Crippen LogP contribution in [0, 0.1) is 0 Å². The first-order valence-electron chi connectivity index (χ1n) is 17.0. The van der Waals surface area contributed by atoms with Crippen LogP contribution in [0.15, 0.2) is 47.4 Å². The van der Waals surface area contributed by atoms with Crippen molar-refractivity contribution in [2.24, 2.45) is 0 Å². The second-order valence-corrected chi connectivity index (χ2v) is 12.8. The second kappa shape index (κ2) is 29.3. The van der Waals surface area contributed by atoms with Gasteiger partial charge in [-0.3, -0.25) is 0 Å². The van der Waals surface area contributed by atoms with Crippen molar-refractivity contribution in [3.63, 3.8) is 0 Å². The molecule has 45 heavy (non-hydrogen) atoms. The van der Waals surface area contributed by atoms with E-state index in [-0.39, 0.29) is 75.7 Å². The number of hydrogen-bond acceptors (Lipinski definition) is 7. The Labute approximate surface area is 316 Å². The van der Waals surface area contributed by atoms with Crippen molar-refractivity contribution in [3.05, 3.63) is 53.6 Å². The summed E-state index contributed by atoms with van der Waals surface area (Å²) in [6.07, 6.45) is 30.9. The van der Waals surface area contributed by atoms with Crippen molar-refractivity contribution < 1.29 is 83.4 Å². The molecule has 1 aromatic carbocycles. The Morgan fingerprint density at radius 3 is 1.38 bits per heavy atom. The zero-order chi connectivity index (χ0) is 32.3. The molecule has 0 amide bonds. The Morgan fingerprint density at radius 1 is 0.600 bits per heavy atom. The first-order valence-corrected chi connectivity index (χ1v) is 18.5. The maximum absolute atomic E-state index is 12.8. The van der Waals surface area contributed by atoms with Gasteiger partial charge in [-0.2, -0.15) is 0 Å². The van der Waals surface area contributed by atoms with Gasteiger partial charge >= 0.3 is 63.3 Å². The predicted molar refractivity (Wildman–Crippen MR) is 177 cm³/mol. The minimum Gasteiger partial charge on any atom is -0.744 e. The Hall–Kier alpha value is -0.814. The van der Waals surface area contributed by atoms with E-state index in [9.17, 15) is 22.6 Å². The molecule has 0 aliphatic heterocycles. The van der Waals surface area contributed by atoms with Crippen molar-refractivity contribution in [1.82, 2.24) is 0 Å². The van der Waals surface area contributed by atoms with Crippen LogP contribution >= 0.6 is 0 Å². The number of benzene rings is 1. The summed E-state index contributed by atoms with van der Waals surface area (Å²) in [5.74, 6) is -1.56. The number of hydrogen-bond donors (Lipinski definition) is 0. The van der Waals surface area contributed by atoms with Crippen LogP contribution in [-0.2, 0) is 19.6 Å². The van der Waals surface area contributed by atoms with Crippen LogP contribution in [0.3, 0.4) is 0 Å². The molecule has 0 fully saturated rings. The molecule has 0 atom stereocenters. The van der Waals surface area contributed by atoms with Gasteiger partial charge in [0.15, 0.2) is 0 Å². The van der Waals surface area contributed by atoms with Crippen LogP contribution in [0.4, 0.5) is 0 Å². The SMILES string of the molecule is CC/C=C/CCCCCCCCCCOC(=O)c1ccc(S(=O)(=O)[O-])cc1C(=O)OCCCCCCCCCC/C=C/CC.[K+]. The van der Waals surface area contributed by atoms with Gasteiger partial charge in [0.25, 0.3) is 0 Å². The van der Waals surface area contributed by atoms with Crippen molar-refractivity contribution in [1.29, 1.82) is 0 Å². The van der Waals surface area contributed by atoms with E-state index in [1.807, 2.05) is 0 Å². The quantitative estimate of drug-likeness (QED) is 0.0330. The molecule has 0 bridgehead atoms. The van der Waals surface area contributed by atoms with Crippen molar-refractivity contribution in [2.75, 3.05) is 13.2 Å². The normalized spacial score (nSPS) is 11.6. The van der Waals surface area contributed by atoms with Crippen molar-refractivity contribution >= 4 is 22.1 Å². The molecule has 1 rings (SSSR count). The van der Waals surface area contributed by atoms with Gasteiger partial charge < -0.3 is 14.0 Å². The summed E-state index contributed by atoms with van der Waals surface area (Å²) in [6, 6.07) is 3.10. The summed E-state index contributed by atoms with van der Waals surface area (Å²) in [5, 5.41) is 0. The first-order chi connectivity index (χ1) is 21.3. The third kappa shape index (κ3) is 23.2. The molecule has 0 saturated carbocycles. The molecule has 0 saturated heterocycles. The van der Waals surface area contributed by atoms with E-state index in [0.29, 0.717) is 12.8 Å². The van der Waals surface area contributed by atoms with Gasteiger partial charge in [0, 0.05) is 0 Å². The van der Waals surface area contributed by atoms with E-state index in [0.717, 1.165) is 82.4 Å². The molecule has 0 aliphatic rings. The van der Waals surface area contributed by atoms with E-state index in [1.165, 1.54) is 51.4 Å². The fourth-order valence-electron chi connectivity index (χ4n) is 4.93. The Morgan fingerprint density at radius 2 is 0.978 bits per heavy atom. The van der Waals surface area contributed by atoms with Crippen LogP contribution in [-0.4, -0.2) is 38.1 Å². The zero-order valence-electron chi connectivity index (χ0n) is 28.4. The van der Waals surface area contributed by atoms with Crippen molar-refractivity contribution in [2.45, 2.75) is 147 Å². The maximum Gasteiger partial charge on any atom is 1.00 e. The number of ether oxygens (including phenoxy) is 2. The number of allylic oxidation sites excluding steroid dienone is 4. The van der Waals surface area contributed by atoms with Crippen LogP contribution in [0.5, 0.6) is 0 Å². The molecule has 0 spiro atoms. The molecule has 0 aliphatic carbocycles. The molecule has 0 radical (unpaired) electrons. The standard InChI is InChI=1S/C36H58O7S.K/c1-3-5-7-9-11-13-15-17-19-21-23-25-29-42-35(37)33-28-27-32(44(39,40)41)31-34(33)36(38)43-30-26-24-22-20-18-16-14-12-10-8-6-4-2;/h5-8,27-28,31H,3-4,9-26,29-30H2,1-2H3,(H,39,40,41);/q;+1/p-1/b7-5+,8-6+;. The predicted octanol–water partition coefficient (Wildman–Crippen LogP) is 6.86. The van der Waals surface area contributed by atoms with E-state index in [2.05, 4.69) is 38.2 Å². The molecule has 0 heterocycles. The molecule has 0 N–H and O–H groups in total. The molecule has 7 nitrogen and oxygen atoms in total. The Balaban J connectivity index is 0.0000194. The van der Waals surface area contributed by atoms with Gasteiger partial charge in [0.05, 0.1) is 29.2 Å². The van der Waals surface area contributed by atoms with Gasteiger partial charge in [0.2, 0.25) is 0 Å². The molecule has 0 aromatic heterocycles. The zero-order valence-corrected chi connectivity index (χ0v) is 32.3. The average molecular weight is 673 g/mol. The van der Waals surface area contributed by atoms with Gasteiger partial charge in [-0.05, 0) is 69.6 Å². The largest absolute Gasteiger partial charge is 1.00 e. The summed E-state index contributed by atoms with van der Waals surface area (Å²) >= 11 is 0. The smallest absolute Gasteiger partial charge is 0.744 e. The maximum atomic E-state index is 12.8. The minimum absolute atomic E-state index is 0. The summed E-state index contributed by atoms with van der Waals surface area (Å²) in [5.41, 5.74) is -0.354. The number of carbonyl (C=O) groups is 2. The number of rotatable bonds is 27. The van der Waals surface area contributed by atoms with Gasteiger partial charge in [-0.1, -0.05) is 115 Å². The summed E-state index contributed by atoms with van der Waals surface area (Å²) < 4.78 is 45.4. The summed E-state index contributed by atoms with van der Waals surface area (Å²) in [6.45, 7) is 4.65. The van der Waals surface area contributed by atoms with E-state index >= 15 is 0 Å². The molecule has 1 aromatic rings. The Bertz CT molecular complexity index is 1080. The van der Waals surface area contributed by atoms with Crippen molar-refractivity contribution in [3.8, 4) is 0 Å². The third-order valence-electron chi connectivity index (χ3n) is 7.52. The fraction of sp³-hybridized carbons (Fsp3) is 0.667. The molecule has 9 heteroatoms. The fourth-order valence-corrected chi connectivity index (χ4v) is 5.43. The third-order valence-corrected chi connectivity index (χ3v) is 8.35. The van der Waals surface area contributed by atoms with Crippen LogP contribution in [0.1, 0.15) is 163 Å². The van der Waals surface area contributed by atoms with Gasteiger partial charge in [-0.25, -0.2) is 18.0 Å². The topological polar surface area (TPSA) is 110 Å². The second-order valence-electron chi connectivity index (χ2n) is 11.4. The summed E-state index contributed by atoms with van der Waals surface area (Å²) in [4.78, 5) is 25.0. The van der Waals surface area contributed by atoms with Gasteiger partial charge in [0.1, 0.15) is 10.1 Å². The number of carbonyl (C=O) groups excluding carboxylic acids is 2. The first kappa shape index (κ1) is 44.2. The van der Waals surface area contributed by atoms with Crippen LogP contribution < -0.4 is 51.4 Å². The Kier molecular flexibility index (Phi) is 28.8. The van der Waals surface area contributed by atoms with E-state index in [4.69, 9.17) is 9.47 Å². The molecular weight excluding hydrogens is 616 g/mol. The summed E-state index contributed by atoms with van der Waals surface area (Å²) in [7, 11) is -4.81. The molecule has 250 valence electrons. The minimum atomic E-state index is -4.81. The van der Waals surface area contributed by atoms with Crippen LogP contribution in [0.25, 0.3) is 0 Å². The van der Waals surface area contributed by atoms with E-state index < -0.39 is 27.0 Å². The monoisotopic (exact) mass is 672 g/mol. The molecular formula is C36H57KO7S.